The topological polar surface area (TPSA) is 34.1 Å². The van der Waals surface area contributed by atoms with Crippen LogP contribution in [0.4, 0.5) is 0 Å². The first kappa shape index (κ1) is 8.17. The lowest BCUT2D eigenvalue weighted by atomic mass is 10.0. The second-order valence-corrected chi connectivity index (χ2v) is 3.51. The molecule has 2 heteroatoms. The highest BCUT2D eigenvalue weighted by atomic mass is 16.2. The minimum atomic E-state index is -0.0388. The molecule has 0 bridgehead atoms. The zero-order valence-electron chi connectivity index (χ0n) is 7.68. The quantitative estimate of drug-likeness (QED) is 0.564. The number of hydrogen-bond acceptors (Lipinski definition) is 2. The molecule has 0 heterocycles. The maximum Gasteiger partial charge on any atom is 0.171 e. The molecule has 0 atom stereocenters. The Morgan fingerprint density at radius 2 is 1.31 bits per heavy atom. The molecule has 0 saturated carbocycles. The lowest BCUT2D eigenvalue weighted by Crippen LogP contribution is -1.93. The molecule has 1 aliphatic carbocycles. The van der Waals surface area contributed by atoms with E-state index in [9.17, 15) is 9.59 Å². The molecule has 0 radical (unpaired) electrons. The highest BCUT2D eigenvalue weighted by molar-refractivity contribution is 6.24. The smallest absolute Gasteiger partial charge is 0.171 e. The van der Waals surface area contributed by atoms with Crippen molar-refractivity contribution in [2.75, 3.05) is 0 Å². The van der Waals surface area contributed by atoms with Crippen molar-refractivity contribution in [2.45, 2.75) is 20.3 Å². The van der Waals surface area contributed by atoms with Gasteiger partial charge in [-0.3, -0.25) is 9.59 Å². The third-order valence-corrected chi connectivity index (χ3v) is 2.56. The summed E-state index contributed by atoms with van der Waals surface area (Å²) in [5, 5.41) is 0. The van der Waals surface area contributed by atoms with E-state index in [4.69, 9.17) is 0 Å². The predicted octanol–water partition coefficient (Wildman–Crippen LogP) is 2.07. The van der Waals surface area contributed by atoms with Gasteiger partial charge in [0.25, 0.3) is 0 Å². The van der Waals surface area contributed by atoms with Gasteiger partial charge in [-0.1, -0.05) is 0 Å². The first-order valence-corrected chi connectivity index (χ1v) is 4.27. The van der Waals surface area contributed by atoms with Crippen LogP contribution in [0.2, 0.25) is 0 Å². The van der Waals surface area contributed by atoms with E-state index in [1.807, 2.05) is 26.0 Å². The molecule has 0 amide bonds. The van der Waals surface area contributed by atoms with E-state index >= 15 is 0 Å². The molecule has 0 unspecified atom stereocenters. The van der Waals surface area contributed by atoms with Gasteiger partial charge in [-0.15, -0.1) is 0 Å². The number of benzene rings is 1. The third-order valence-electron chi connectivity index (χ3n) is 2.56. The first-order chi connectivity index (χ1) is 6.09. The van der Waals surface area contributed by atoms with Crippen molar-refractivity contribution >= 4 is 11.6 Å². The van der Waals surface area contributed by atoms with Crippen molar-refractivity contribution in [1.29, 1.82) is 0 Å². The zero-order chi connectivity index (χ0) is 9.59. The number of rotatable bonds is 0. The molecule has 1 aliphatic rings. The summed E-state index contributed by atoms with van der Waals surface area (Å²) in [6.45, 7) is 3.90. The number of Topliss-reactive ketones (excluding diaryl/α,β-unsaturated/α-hetero) is 2. The molecule has 13 heavy (non-hydrogen) atoms. The van der Waals surface area contributed by atoms with E-state index in [1.54, 1.807) is 0 Å². The molecular formula is C11H10O2. The van der Waals surface area contributed by atoms with Gasteiger partial charge in [-0.25, -0.2) is 0 Å². The highest BCUT2D eigenvalue weighted by Gasteiger charge is 2.27. The number of carbonyl (C=O) groups excluding carboxylic acids is 2. The predicted molar refractivity (Wildman–Crippen MR) is 49.2 cm³/mol. The Bertz CT molecular complexity index is 377. The van der Waals surface area contributed by atoms with Gasteiger partial charge < -0.3 is 0 Å². The van der Waals surface area contributed by atoms with E-state index < -0.39 is 0 Å². The molecule has 0 N–H and O–H groups in total. The van der Waals surface area contributed by atoms with Gasteiger partial charge in [0.2, 0.25) is 0 Å². The molecule has 0 spiro atoms. The van der Waals surface area contributed by atoms with Crippen LogP contribution in [0.5, 0.6) is 0 Å². The summed E-state index contributed by atoms with van der Waals surface area (Å²) >= 11 is 0. The van der Waals surface area contributed by atoms with Crippen molar-refractivity contribution in [3.05, 3.63) is 34.4 Å². The van der Waals surface area contributed by atoms with Gasteiger partial charge in [0.05, 0.1) is 6.42 Å². The molecule has 66 valence electrons. The van der Waals surface area contributed by atoms with Gasteiger partial charge in [0.15, 0.2) is 11.6 Å². The van der Waals surface area contributed by atoms with E-state index in [2.05, 4.69) is 0 Å². The van der Waals surface area contributed by atoms with Gasteiger partial charge >= 0.3 is 0 Å². The maximum atomic E-state index is 11.3. The third kappa shape index (κ3) is 1.10. The maximum absolute atomic E-state index is 11.3. The fourth-order valence-electron chi connectivity index (χ4n) is 1.61. The first-order valence-electron chi connectivity index (χ1n) is 4.27. The molecule has 0 saturated heterocycles. The number of hydrogen-bond donors (Lipinski definition) is 0. The van der Waals surface area contributed by atoms with Crippen LogP contribution in [0.1, 0.15) is 38.3 Å². The molecule has 1 aromatic rings. The Hall–Kier alpha value is -1.44. The molecule has 0 fully saturated rings. The Balaban J connectivity index is 2.72. The fraction of sp³-hybridized carbons (Fsp3) is 0.273. The van der Waals surface area contributed by atoms with E-state index in [0.717, 1.165) is 11.1 Å². The van der Waals surface area contributed by atoms with E-state index in [1.165, 1.54) is 0 Å². The van der Waals surface area contributed by atoms with Crippen LogP contribution in [0, 0.1) is 13.8 Å². The second-order valence-electron chi connectivity index (χ2n) is 3.51. The Morgan fingerprint density at radius 3 is 1.69 bits per heavy atom. The molecule has 0 aromatic heterocycles. The summed E-state index contributed by atoms with van der Waals surface area (Å²) in [7, 11) is 0. The Morgan fingerprint density at radius 1 is 0.923 bits per heavy atom. The van der Waals surface area contributed by atoms with Crippen LogP contribution >= 0.6 is 0 Å². The Labute approximate surface area is 76.6 Å². The van der Waals surface area contributed by atoms with Crippen LogP contribution in [-0.4, -0.2) is 11.6 Å². The lowest BCUT2D eigenvalue weighted by Gasteiger charge is -2.02. The molecule has 0 aliphatic heterocycles. The molecule has 1 aromatic carbocycles. The largest absolute Gasteiger partial charge is 0.294 e. The summed E-state index contributed by atoms with van der Waals surface area (Å²) in [5.74, 6) is -0.0776. The summed E-state index contributed by atoms with van der Waals surface area (Å²) in [6.07, 6.45) is 0.0538. The zero-order valence-corrected chi connectivity index (χ0v) is 7.68. The number of aryl methyl sites for hydroxylation is 2. The average molecular weight is 174 g/mol. The van der Waals surface area contributed by atoms with Crippen molar-refractivity contribution in [3.63, 3.8) is 0 Å². The lowest BCUT2D eigenvalue weighted by molar-refractivity contribution is 0.0923. The van der Waals surface area contributed by atoms with Crippen LogP contribution in [0.25, 0.3) is 0 Å². The minimum absolute atomic E-state index is 0.0388. The normalized spacial score (nSPS) is 14.9. The standard InChI is InChI=1S/C11H10O2/c1-6-3-8-9(4-7(6)2)11(13)5-10(8)12/h3-4H,5H2,1-2H3. The Kier molecular flexibility index (Phi) is 1.59. The van der Waals surface area contributed by atoms with Gasteiger partial charge in [-0.2, -0.15) is 0 Å². The molecule has 2 rings (SSSR count). The molecule has 2 nitrogen and oxygen atoms in total. The van der Waals surface area contributed by atoms with Crippen molar-refractivity contribution in [2.24, 2.45) is 0 Å². The summed E-state index contributed by atoms with van der Waals surface area (Å²) in [5.41, 5.74) is 3.35. The van der Waals surface area contributed by atoms with Crippen molar-refractivity contribution in [3.8, 4) is 0 Å². The minimum Gasteiger partial charge on any atom is -0.294 e. The second kappa shape index (κ2) is 2.52. The van der Waals surface area contributed by atoms with E-state index in [0.29, 0.717) is 11.1 Å². The SMILES string of the molecule is Cc1cc2c(cc1C)C(=O)CC2=O. The van der Waals surface area contributed by atoms with Gasteiger partial charge in [0, 0.05) is 11.1 Å². The monoisotopic (exact) mass is 174 g/mol. The van der Waals surface area contributed by atoms with E-state index in [-0.39, 0.29) is 18.0 Å². The number of carbonyl (C=O) groups is 2. The van der Waals surface area contributed by atoms with Crippen molar-refractivity contribution < 1.29 is 9.59 Å². The average Bonchev–Trinajstić information content (AvgIpc) is 2.31. The highest BCUT2D eigenvalue weighted by Crippen LogP contribution is 2.24. The number of fused-ring (bicyclic) bond motifs is 1. The number of ketones is 2. The van der Waals surface area contributed by atoms with Crippen LogP contribution in [0.15, 0.2) is 12.1 Å². The summed E-state index contributed by atoms with van der Waals surface area (Å²) in [4.78, 5) is 22.6. The van der Waals surface area contributed by atoms with Crippen molar-refractivity contribution in [1.82, 2.24) is 0 Å². The van der Waals surface area contributed by atoms with Crippen LogP contribution < -0.4 is 0 Å². The van der Waals surface area contributed by atoms with Crippen LogP contribution in [-0.2, 0) is 0 Å². The summed E-state index contributed by atoms with van der Waals surface area (Å²) < 4.78 is 0. The summed E-state index contributed by atoms with van der Waals surface area (Å²) in [6, 6.07) is 3.63. The van der Waals surface area contributed by atoms with Crippen LogP contribution in [0.3, 0.4) is 0 Å². The van der Waals surface area contributed by atoms with Gasteiger partial charge in [-0.05, 0) is 37.1 Å². The fourth-order valence-corrected chi connectivity index (χ4v) is 1.61. The van der Waals surface area contributed by atoms with Gasteiger partial charge in [0.1, 0.15) is 0 Å². The molecular weight excluding hydrogens is 164 g/mol.